The first kappa shape index (κ1) is 12.6. The van der Waals surface area contributed by atoms with Gasteiger partial charge in [0, 0.05) is 31.7 Å². The van der Waals surface area contributed by atoms with Gasteiger partial charge in [-0.2, -0.15) is 0 Å². The Hall–Kier alpha value is -0.860. The second kappa shape index (κ2) is 5.65. The minimum absolute atomic E-state index is 0.597. The molecule has 1 fully saturated rings. The minimum Gasteiger partial charge on any atom is -0.309 e. The lowest BCUT2D eigenvalue weighted by Gasteiger charge is -2.39. The summed E-state index contributed by atoms with van der Waals surface area (Å²) in [6, 6.07) is 12.0. The molecular formula is C15H24N2. The van der Waals surface area contributed by atoms with Crippen molar-refractivity contribution < 1.29 is 0 Å². The smallest absolute Gasteiger partial charge is 0.0235 e. The van der Waals surface area contributed by atoms with Crippen molar-refractivity contribution >= 4 is 0 Å². The van der Waals surface area contributed by atoms with E-state index >= 15 is 0 Å². The maximum Gasteiger partial charge on any atom is 0.0235 e. The van der Waals surface area contributed by atoms with Crippen LogP contribution in [0.3, 0.4) is 0 Å². The molecule has 1 aliphatic heterocycles. The third-order valence-electron chi connectivity index (χ3n) is 3.54. The molecule has 1 unspecified atom stereocenters. The van der Waals surface area contributed by atoms with E-state index in [2.05, 4.69) is 61.3 Å². The zero-order valence-electron chi connectivity index (χ0n) is 11.2. The predicted molar refractivity (Wildman–Crippen MR) is 72.9 cm³/mol. The quantitative estimate of drug-likeness (QED) is 0.861. The van der Waals surface area contributed by atoms with E-state index in [1.54, 1.807) is 0 Å². The normalized spacial score (nSPS) is 26.4. The van der Waals surface area contributed by atoms with Crippen LogP contribution in [-0.4, -0.2) is 30.1 Å². The van der Waals surface area contributed by atoms with E-state index in [4.69, 9.17) is 0 Å². The molecule has 0 bridgehead atoms. The Morgan fingerprint density at radius 1 is 1.24 bits per heavy atom. The Balaban J connectivity index is 1.96. The molecule has 2 atom stereocenters. The molecule has 2 rings (SSSR count). The summed E-state index contributed by atoms with van der Waals surface area (Å²) in [7, 11) is 0. The minimum atomic E-state index is 0.597. The first-order valence-corrected chi connectivity index (χ1v) is 6.67. The van der Waals surface area contributed by atoms with Gasteiger partial charge in [-0.05, 0) is 18.4 Å². The molecule has 1 aliphatic rings. The van der Waals surface area contributed by atoms with Crippen LogP contribution in [0, 0.1) is 5.92 Å². The average molecular weight is 232 g/mol. The zero-order chi connectivity index (χ0) is 12.3. The molecule has 1 aromatic carbocycles. The molecular weight excluding hydrogens is 208 g/mol. The summed E-state index contributed by atoms with van der Waals surface area (Å²) in [5, 5.41) is 3.69. The second-order valence-corrected chi connectivity index (χ2v) is 5.60. The zero-order valence-corrected chi connectivity index (χ0v) is 11.2. The van der Waals surface area contributed by atoms with Gasteiger partial charge in [0.2, 0.25) is 0 Å². The van der Waals surface area contributed by atoms with Crippen molar-refractivity contribution in [3.63, 3.8) is 0 Å². The molecule has 1 aromatic rings. The standard InChI is InChI=1S/C15H24N2/c1-12(2)15-11-17(9-13(3)16-15)10-14-7-5-4-6-8-14/h4-8,12-13,15-16H,9-11H2,1-3H3/t13?,15-/m0/s1. The van der Waals surface area contributed by atoms with Crippen molar-refractivity contribution in [2.45, 2.75) is 39.4 Å². The van der Waals surface area contributed by atoms with Crippen molar-refractivity contribution in [1.29, 1.82) is 0 Å². The Morgan fingerprint density at radius 3 is 2.59 bits per heavy atom. The fraction of sp³-hybridized carbons (Fsp3) is 0.600. The third-order valence-corrected chi connectivity index (χ3v) is 3.54. The number of nitrogens with zero attached hydrogens (tertiary/aromatic N) is 1. The summed E-state index contributed by atoms with van der Waals surface area (Å²) in [4.78, 5) is 2.57. The summed E-state index contributed by atoms with van der Waals surface area (Å²) in [6.45, 7) is 10.3. The predicted octanol–water partition coefficient (Wildman–Crippen LogP) is 2.50. The van der Waals surface area contributed by atoms with E-state index in [1.807, 2.05) is 0 Å². The van der Waals surface area contributed by atoms with E-state index in [1.165, 1.54) is 5.56 Å². The maximum absolute atomic E-state index is 3.69. The van der Waals surface area contributed by atoms with Gasteiger partial charge in [-0.25, -0.2) is 0 Å². The lowest BCUT2D eigenvalue weighted by molar-refractivity contribution is 0.138. The van der Waals surface area contributed by atoms with E-state index in [9.17, 15) is 0 Å². The van der Waals surface area contributed by atoms with Gasteiger partial charge in [-0.15, -0.1) is 0 Å². The Morgan fingerprint density at radius 2 is 1.94 bits per heavy atom. The van der Waals surface area contributed by atoms with Crippen LogP contribution in [0.4, 0.5) is 0 Å². The Labute approximate surface area is 105 Å². The van der Waals surface area contributed by atoms with Gasteiger partial charge in [0.1, 0.15) is 0 Å². The van der Waals surface area contributed by atoms with E-state index in [0.717, 1.165) is 19.6 Å². The highest BCUT2D eigenvalue weighted by molar-refractivity contribution is 5.14. The fourth-order valence-electron chi connectivity index (χ4n) is 2.58. The average Bonchev–Trinajstić information content (AvgIpc) is 2.29. The van der Waals surface area contributed by atoms with Crippen LogP contribution in [0.5, 0.6) is 0 Å². The number of nitrogens with one attached hydrogen (secondary N) is 1. The SMILES string of the molecule is CC1CN(Cc2ccccc2)C[C@@H](C(C)C)N1. The second-order valence-electron chi connectivity index (χ2n) is 5.60. The number of hydrogen-bond acceptors (Lipinski definition) is 2. The van der Waals surface area contributed by atoms with Crippen molar-refractivity contribution in [2.24, 2.45) is 5.92 Å². The van der Waals surface area contributed by atoms with E-state index < -0.39 is 0 Å². The topological polar surface area (TPSA) is 15.3 Å². The fourth-order valence-corrected chi connectivity index (χ4v) is 2.58. The number of piperazine rings is 1. The van der Waals surface area contributed by atoms with Gasteiger partial charge >= 0.3 is 0 Å². The molecule has 1 N–H and O–H groups in total. The van der Waals surface area contributed by atoms with Gasteiger partial charge in [-0.1, -0.05) is 44.2 Å². The van der Waals surface area contributed by atoms with Gasteiger partial charge in [-0.3, -0.25) is 4.90 Å². The maximum atomic E-state index is 3.69. The molecule has 0 spiro atoms. The highest BCUT2D eigenvalue weighted by atomic mass is 15.2. The molecule has 0 radical (unpaired) electrons. The largest absolute Gasteiger partial charge is 0.309 e. The van der Waals surface area contributed by atoms with Crippen molar-refractivity contribution in [2.75, 3.05) is 13.1 Å². The Bertz CT molecular complexity index is 334. The van der Waals surface area contributed by atoms with Crippen LogP contribution < -0.4 is 5.32 Å². The van der Waals surface area contributed by atoms with Crippen LogP contribution in [0.2, 0.25) is 0 Å². The van der Waals surface area contributed by atoms with Crippen LogP contribution in [0.1, 0.15) is 26.3 Å². The summed E-state index contributed by atoms with van der Waals surface area (Å²) in [5.41, 5.74) is 1.42. The number of hydrogen-bond donors (Lipinski definition) is 1. The van der Waals surface area contributed by atoms with Crippen molar-refractivity contribution in [3.05, 3.63) is 35.9 Å². The highest BCUT2D eigenvalue weighted by Gasteiger charge is 2.25. The summed E-state index contributed by atoms with van der Waals surface area (Å²) in [6.07, 6.45) is 0. The highest BCUT2D eigenvalue weighted by Crippen LogP contribution is 2.14. The van der Waals surface area contributed by atoms with Gasteiger partial charge in [0.15, 0.2) is 0 Å². The van der Waals surface area contributed by atoms with E-state index in [-0.39, 0.29) is 0 Å². The van der Waals surface area contributed by atoms with Gasteiger partial charge < -0.3 is 5.32 Å². The molecule has 2 nitrogen and oxygen atoms in total. The molecule has 2 heteroatoms. The van der Waals surface area contributed by atoms with Crippen LogP contribution in [-0.2, 0) is 6.54 Å². The summed E-state index contributed by atoms with van der Waals surface area (Å²) in [5.74, 6) is 0.705. The molecule has 0 aliphatic carbocycles. The van der Waals surface area contributed by atoms with Gasteiger partial charge in [0.05, 0.1) is 0 Å². The van der Waals surface area contributed by atoms with Crippen LogP contribution >= 0.6 is 0 Å². The third kappa shape index (κ3) is 3.55. The van der Waals surface area contributed by atoms with Crippen LogP contribution in [0.15, 0.2) is 30.3 Å². The van der Waals surface area contributed by atoms with Crippen molar-refractivity contribution in [1.82, 2.24) is 10.2 Å². The number of benzene rings is 1. The number of rotatable bonds is 3. The summed E-state index contributed by atoms with van der Waals surface area (Å²) >= 11 is 0. The molecule has 94 valence electrons. The van der Waals surface area contributed by atoms with Crippen LogP contribution in [0.25, 0.3) is 0 Å². The summed E-state index contributed by atoms with van der Waals surface area (Å²) < 4.78 is 0. The molecule has 17 heavy (non-hydrogen) atoms. The lowest BCUT2D eigenvalue weighted by atomic mass is 9.99. The lowest BCUT2D eigenvalue weighted by Crippen LogP contribution is -2.56. The Kier molecular flexibility index (Phi) is 4.19. The van der Waals surface area contributed by atoms with Gasteiger partial charge in [0.25, 0.3) is 0 Å². The molecule has 1 heterocycles. The van der Waals surface area contributed by atoms with E-state index in [0.29, 0.717) is 18.0 Å². The monoisotopic (exact) mass is 232 g/mol. The molecule has 0 aromatic heterocycles. The van der Waals surface area contributed by atoms with Crippen molar-refractivity contribution in [3.8, 4) is 0 Å². The molecule has 0 amide bonds. The molecule has 1 saturated heterocycles. The first-order chi connectivity index (χ1) is 8.15. The molecule has 0 saturated carbocycles. The first-order valence-electron chi connectivity index (χ1n) is 6.67.